The fraction of sp³-hybridized carbons (Fsp3) is 0.167. The molecule has 0 aliphatic rings. The van der Waals surface area contributed by atoms with Gasteiger partial charge in [-0.1, -0.05) is 11.8 Å². The zero-order chi connectivity index (χ0) is 18.4. The average Bonchev–Trinajstić information content (AvgIpc) is 3.22. The molecule has 1 aromatic carbocycles. The first-order valence-corrected chi connectivity index (χ1v) is 8.70. The van der Waals surface area contributed by atoms with Crippen molar-refractivity contribution in [2.24, 2.45) is 0 Å². The van der Waals surface area contributed by atoms with Gasteiger partial charge in [-0.15, -0.1) is 10.2 Å². The molecule has 1 N–H and O–H groups in total. The zero-order valence-electron chi connectivity index (χ0n) is 14.3. The molecule has 0 atom stereocenters. The Morgan fingerprint density at radius 3 is 2.69 bits per heavy atom. The molecule has 0 radical (unpaired) electrons. The van der Waals surface area contributed by atoms with Gasteiger partial charge in [0.1, 0.15) is 22.2 Å². The van der Waals surface area contributed by atoms with Gasteiger partial charge in [0.25, 0.3) is 0 Å². The van der Waals surface area contributed by atoms with Gasteiger partial charge in [-0.3, -0.25) is 4.79 Å². The van der Waals surface area contributed by atoms with E-state index in [2.05, 4.69) is 15.5 Å². The van der Waals surface area contributed by atoms with Gasteiger partial charge < -0.3 is 19.2 Å². The van der Waals surface area contributed by atoms with Crippen molar-refractivity contribution in [2.45, 2.75) is 5.03 Å². The third-order valence-electron chi connectivity index (χ3n) is 3.45. The summed E-state index contributed by atoms with van der Waals surface area (Å²) in [7, 11) is 3.11. The average molecular weight is 371 g/mol. The van der Waals surface area contributed by atoms with Crippen LogP contribution < -0.4 is 14.8 Å². The summed E-state index contributed by atoms with van der Waals surface area (Å²) < 4.78 is 15.7. The molecule has 26 heavy (non-hydrogen) atoms. The van der Waals surface area contributed by atoms with Crippen LogP contribution in [-0.4, -0.2) is 36.1 Å². The van der Waals surface area contributed by atoms with Gasteiger partial charge >= 0.3 is 0 Å². The molecule has 2 heterocycles. The number of hydrogen-bond donors (Lipinski definition) is 1. The highest BCUT2D eigenvalue weighted by molar-refractivity contribution is 7.99. The number of hydrogen-bond acceptors (Lipinski definition) is 7. The smallest absolute Gasteiger partial charge is 0.234 e. The van der Waals surface area contributed by atoms with Gasteiger partial charge in [-0.25, -0.2) is 0 Å². The summed E-state index contributed by atoms with van der Waals surface area (Å²) in [6.45, 7) is 0. The van der Waals surface area contributed by atoms with Crippen LogP contribution in [0.2, 0.25) is 0 Å². The van der Waals surface area contributed by atoms with Crippen molar-refractivity contribution in [3.05, 3.63) is 48.7 Å². The maximum atomic E-state index is 12.2. The van der Waals surface area contributed by atoms with Crippen LogP contribution in [0.5, 0.6) is 11.5 Å². The second-order valence-electron chi connectivity index (χ2n) is 5.14. The molecule has 1 amide bonds. The molecular formula is C18H17N3O4S. The molecule has 0 spiro atoms. The van der Waals surface area contributed by atoms with Crippen molar-refractivity contribution in [2.75, 3.05) is 25.3 Å². The Hall–Kier alpha value is -3.00. The predicted octanol–water partition coefficient (Wildman–Crippen LogP) is 3.48. The van der Waals surface area contributed by atoms with Crippen molar-refractivity contribution in [1.29, 1.82) is 0 Å². The van der Waals surface area contributed by atoms with E-state index >= 15 is 0 Å². The number of carbonyl (C=O) groups is 1. The molecule has 0 fully saturated rings. The summed E-state index contributed by atoms with van der Waals surface area (Å²) >= 11 is 1.29. The van der Waals surface area contributed by atoms with Crippen LogP contribution in [0.3, 0.4) is 0 Å². The minimum atomic E-state index is -0.171. The molecule has 8 heteroatoms. The minimum Gasteiger partial charge on any atom is -0.497 e. The summed E-state index contributed by atoms with van der Waals surface area (Å²) in [6, 6.07) is 12.4. The van der Waals surface area contributed by atoms with Gasteiger partial charge in [0.15, 0.2) is 5.76 Å². The molecule has 2 aromatic heterocycles. The number of furan rings is 1. The molecule has 134 valence electrons. The van der Waals surface area contributed by atoms with Crippen molar-refractivity contribution >= 4 is 23.4 Å². The number of aromatic nitrogens is 2. The zero-order valence-corrected chi connectivity index (χ0v) is 15.1. The number of nitrogens with one attached hydrogen (secondary N) is 1. The van der Waals surface area contributed by atoms with E-state index in [1.807, 2.05) is 6.07 Å². The van der Waals surface area contributed by atoms with Crippen LogP contribution in [0.4, 0.5) is 5.69 Å². The Kier molecular flexibility index (Phi) is 5.75. The Bertz CT molecular complexity index is 867. The van der Waals surface area contributed by atoms with Gasteiger partial charge in [-0.2, -0.15) is 0 Å². The molecule has 0 bridgehead atoms. The van der Waals surface area contributed by atoms with Crippen molar-refractivity contribution in [3.8, 4) is 23.0 Å². The van der Waals surface area contributed by atoms with E-state index in [-0.39, 0.29) is 11.7 Å². The number of ether oxygens (including phenoxy) is 2. The first-order valence-electron chi connectivity index (χ1n) is 7.72. The Morgan fingerprint density at radius 1 is 1.15 bits per heavy atom. The highest BCUT2D eigenvalue weighted by atomic mass is 32.2. The third-order valence-corrected chi connectivity index (χ3v) is 4.37. The number of thioether (sulfide) groups is 1. The SMILES string of the molecule is COc1ccc(NC(=O)CSc2ccc(-c3ccco3)nn2)c(OC)c1. The summed E-state index contributed by atoms with van der Waals surface area (Å²) in [6.07, 6.45) is 1.58. The van der Waals surface area contributed by atoms with E-state index in [1.54, 1.807) is 49.8 Å². The number of rotatable bonds is 7. The highest BCUT2D eigenvalue weighted by Gasteiger charge is 2.10. The van der Waals surface area contributed by atoms with E-state index in [1.165, 1.54) is 18.9 Å². The topological polar surface area (TPSA) is 86.5 Å². The highest BCUT2D eigenvalue weighted by Crippen LogP contribution is 2.29. The molecule has 3 aromatic rings. The van der Waals surface area contributed by atoms with Crippen molar-refractivity contribution in [3.63, 3.8) is 0 Å². The lowest BCUT2D eigenvalue weighted by atomic mass is 10.2. The van der Waals surface area contributed by atoms with Crippen LogP contribution >= 0.6 is 11.8 Å². The maximum Gasteiger partial charge on any atom is 0.234 e. The van der Waals surface area contributed by atoms with Crippen LogP contribution in [0.15, 0.2) is 58.2 Å². The largest absolute Gasteiger partial charge is 0.497 e. The van der Waals surface area contributed by atoms with E-state index in [0.717, 1.165) is 0 Å². The van der Waals surface area contributed by atoms with Crippen molar-refractivity contribution < 1.29 is 18.7 Å². The lowest BCUT2D eigenvalue weighted by Crippen LogP contribution is -2.14. The van der Waals surface area contributed by atoms with Gasteiger partial charge in [0, 0.05) is 6.07 Å². The minimum absolute atomic E-state index is 0.171. The predicted molar refractivity (Wildman–Crippen MR) is 98.6 cm³/mol. The Balaban J connectivity index is 1.57. The molecular weight excluding hydrogens is 354 g/mol. The lowest BCUT2D eigenvalue weighted by molar-refractivity contribution is -0.113. The summed E-state index contributed by atoms with van der Waals surface area (Å²) in [4.78, 5) is 12.2. The number of nitrogens with zero attached hydrogens (tertiary/aromatic N) is 2. The summed E-state index contributed by atoms with van der Waals surface area (Å²) in [5, 5.41) is 11.7. The first kappa shape index (κ1) is 17.8. The van der Waals surface area contributed by atoms with E-state index < -0.39 is 0 Å². The number of benzene rings is 1. The van der Waals surface area contributed by atoms with Gasteiger partial charge in [0.05, 0.1) is 31.9 Å². The van der Waals surface area contributed by atoms with Gasteiger partial charge in [0.2, 0.25) is 5.91 Å². The monoisotopic (exact) mass is 371 g/mol. The summed E-state index contributed by atoms with van der Waals surface area (Å²) in [5.74, 6) is 1.87. The number of methoxy groups -OCH3 is 2. The summed E-state index contributed by atoms with van der Waals surface area (Å²) in [5.41, 5.74) is 1.23. The van der Waals surface area contributed by atoms with E-state index in [0.29, 0.717) is 33.7 Å². The van der Waals surface area contributed by atoms with Crippen LogP contribution in [0, 0.1) is 0 Å². The molecule has 0 aliphatic heterocycles. The normalized spacial score (nSPS) is 10.4. The standard InChI is InChI=1S/C18H17N3O4S/c1-23-12-5-6-13(16(10-12)24-2)19-17(22)11-26-18-8-7-14(20-21-18)15-4-3-9-25-15/h3-10H,11H2,1-2H3,(H,19,22). The molecule has 0 unspecified atom stereocenters. The van der Waals surface area contributed by atoms with E-state index in [9.17, 15) is 4.79 Å². The molecule has 0 saturated heterocycles. The van der Waals surface area contributed by atoms with Crippen LogP contribution in [0.25, 0.3) is 11.5 Å². The molecule has 0 aliphatic carbocycles. The molecule has 3 rings (SSSR count). The number of carbonyl (C=O) groups excluding carboxylic acids is 1. The van der Waals surface area contributed by atoms with E-state index in [4.69, 9.17) is 13.9 Å². The molecule has 7 nitrogen and oxygen atoms in total. The number of anilines is 1. The maximum absolute atomic E-state index is 12.2. The quantitative estimate of drug-likeness (QED) is 0.636. The van der Waals surface area contributed by atoms with Crippen LogP contribution in [0.1, 0.15) is 0 Å². The Labute approximate surface area is 154 Å². The lowest BCUT2D eigenvalue weighted by Gasteiger charge is -2.11. The third kappa shape index (κ3) is 4.34. The second kappa shape index (κ2) is 8.39. The first-order chi connectivity index (χ1) is 12.7. The number of amides is 1. The molecule has 0 saturated carbocycles. The van der Waals surface area contributed by atoms with Gasteiger partial charge in [-0.05, 0) is 36.4 Å². The Morgan fingerprint density at radius 2 is 2.04 bits per heavy atom. The van der Waals surface area contributed by atoms with Crippen LogP contribution in [-0.2, 0) is 4.79 Å². The second-order valence-corrected chi connectivity index (χ2v) is 6.13. The fourth-order valence-corrected chi connectivity index (χ4v) is 2.79. The van der Waals surface area contributed by atoms with Crippen molar-refractivity contribution in [1.82, 2.24) is 10.2 Å². The fourth-order valence-electron chi connectivity index (χ4n) is 2.18.